The van der Waals surface area contributed by atoms with Crippen molar-refractivity contribution in [2.24, 2.45) is 0 Å². The van der Waals surface area contributed by atoms with Crippen molar-refractivity contribution < 1.29 is 14.0 Å². The second-order valence-electron chi connectivity index (χ2n) is 6.58. The number of carbonyl (C=O) groups is 2. The fourth-order valence-corrected chi connectivity index (χ4v) is 2.72. The summed E-state index contributed by atoms with van der Waals surface area (Å²) in [6.45, 7) is 3.75. The van der Waals surface area contributed by atoms with E-state index in [-0.39, 0.29) is 18.0 Å². The predicted molar refractivity (Wildman–Crippen MR) is 115 cm³/mol. The van der Waals surface area contributed by atoms with Gasteiger partial charge in [0, 0.05) is 17.5 Å². The third-order valence-electron chi connectivity index (χ3n) is 4.22. The van der Waals surface area contributed by atoms with Gasteiger partial charge in [0.05, 0.1) is 6.04 Å². The van der Waals surface area contributed by atoms with Crippen LogP contribution in [0, 0.1) is 6.92 Å². The Morgan fingerprint density at radius 1 is 0.897 bits per heavy atom. The van der Waals surface area contributed by atoms with Crippen LogP contribution in [0.1, 0.15) is 30.0 Å². The van der Waals surface area contributed by atoms with Crippen molar-refractivity contribution >= 4 is 29.4 Å². The van der Waals surface area contributed by atoms with Crippen molar-refractivity contribution in [3.63, 3.8) is 0 Å². The predicted octanol–water partition coefficient (Wildman–Crippen LogP) is 5.12. The second-order valence-corrected chi connectivity index (χ2v) is 6.58. The van der Waals surface area contributed by atoms with E-state index in [1.165, 1.54) is 6.08 Å². The standard InChI is InChI=1S/C23H23N3O3/c1-16-8-13-21(29-16)14-15-22(27)24-17(2)18-9-11-20(12-10-18)26-23(28)25-19-6-4-3-5-7-19/h3-15,17H,1-2H3,(H,24,27)(H2,25,26,28). The third-order valence-corrected chi connectivity index (χ3v) is 4.22. The highest BCUT2D eigenvalue weighted by atomic mass is 16.3. The summed E-state index contributed by atoms with van der Waals surface area (Å²) in [7, 11) is 0. The van der Waals surface area contributed by atoms with Crippen LogP contribution >= 0.6 is 0 Å². The minimum absolute atomic E-state index is 0.183. The Balaban J connectivity index is 1.51. The first kappa shape index (κ1) is 19.9. The number of rotatable bonds is 6. The number of hydrogen-bond acceptors (Lipinski definition) is 3. The zero-order valence-corrected chi connectivity index (χ0v) is 16.3. The summed E-state index contributed by atoms with van der Waals surface area (Å²) < 4.78 is 5.40. The topological polar surface area (TPSA) is 83.4 Å². The van der Waals surface area contributed by atoms with Crippen molar-refractivity contribution in [3.8, 4) is 0 Å². The molecule has 0 aliphatic rings. The van der Waals surface area contributed by atoms with Crippen LogP contribution in [0.4, 0.5) is 16.2 Å². The molecule has 0 bridgehead atoms. The number of para-hydroxylation sites is 1. The van der Waals surface area contributed by atoms with E-state index in [4.69, 9.17) is 4.42 Å². The number of furan rings is 1. The highest BCUT2D eigenvalue weighted by Crippen LogP contribution is 2.17. The summed E-state index contributed by atoms with van der Waals surface area (Å²) in [6, 6.07) is 19.7. The van der Waals surface area contributed by atoms with Crippen LogP contribution in [0.2, 0.25) is 0 Å². The zero-order valence-electron chi connectivity index (χ0n) is 16.3. The van der Waals surface area contributed by atoms with Crippen molar-refractivity contribution in [2.75, 3.05) is 10.6 Å². The number of benzene rings is 2. The largest absolute Gasteiger partial charge is 0.462 e. The Hall–Kier alpha value is -3.80. The SMILES string of the molecule is Cc1ccc(C=CC(=O)NC(C)c2ccc(NC(=O)Nc3ccccc3)cc2)o1. The van der Waals surface area contributed by atoms with Crippen LogP contribution in [0.15, 0.2) is 77.2 Å². The van der Waals surface area contributed by atoms with Gasteiger partial charge >= 0.3 is 6.03 Å². The number of aryl methyl sites for hydroxylation is 1. The monoisotopic (exact) mass is 389 g/mol. The molecule has 0 fully saturated rings. The molecule has 0 aliphatic carbocycles. The van der Waals surface area contributed by atoms with Gasteiger partial charge in [-0.25, -0.2) is 4.79 Å². The van der Waals surface area contributed by atoms with Gasteiger partial charge in [-0.05, 0) is 61.9 Å². The lowest BCUT2D eigenvalue weighted by atomic mass is 10.1. The first-order valence-electron chi connectivity index (χ1n) is 9.27. The van der Waals surface area contributed by atoms with Crippen LogP contribution in [0.3, 0.4) is 0 Å². The maximum absolute atomic E-state index is 12.1. The van der Waals surface area contributed by atoms with Crippen molar-refractivity contribution in [1.29, 1.82) is 0 Å². The summed E-state index contributed by atoms with van der Waals surface area (Å²) in [4.78, 5) is 24.1. The minimum Gasteiger partial charge on any atom is -0.462 e. The third kappa shape index (κ3) is 6.10. The average molecular weight is 389 g/mol. The van der Waals surface area contributed by atoms with Crippen LogP contribution in [0.25, 0.3) is 6.08 Å². The second kappa shape index (κ2) is 9.41. The van der Waals surface area contributed by atoms with Gasteiger partial charge in [-0.2, -0.15) is 0 Å². The Labute approximate surface area is 169 Å². The van der Waals surface area contributed by atoms with Crippen molar-refractivity contribution in [2.45, 2.75) is 19.9 Å². The van der Waals surface area contributed by atoms with E-state index in [1.807, 2.05) is 68.4 Å². The molecule has 6 heteroatoms. The lowest BCUT2D eigenvalue weighted by Crippen LogP contribution is -2.24. The van der Waals surface area contributed by atoms with E-state index in [9.17, 15) is 9.59 Å². The van der Waals surface area contributed by atoms with E-state index in [0.717, 1.165) is 17.0 Å². The molecule has 0 aliphatic heterocycles. The molecule has 6 nitrogen and oxygen atoms in total. The molecular formula is C23H23N3O3. The maximum Gasteiger partial charge on any atom is 0.323 e. The average Bonchev–Trinajstić information content (AvgIpc) is 3.13. The first-order chi connectivity index (χ1) is 14.0. The summed E-state index contributed by atoms with van der Waals surface area (Å²) in [5.41, 5.74) is 2.30. The molecule has 3 aromatic rings. The van der Waals surface area contributed by atoms with Crippen LogP contribution in [-0.4, -0.2) is 11.9 Å². The van der Waals surface area contributed by atoms with Gasteiger partial charge in [0.1, 0.15) is 11.5 Å². The van der Waals surface area contributed by atoms with Crippen molar-refractivity contribution in [3.05, 3.63) is 89.9 Å². The quantitative estimate of drug-likeness (QED) is 0.512. The molecule has 29 heavy (non-hydrogen) atoms. The number of urea groups is 1. The summed E-state index contributed by atoms with van der Waals surface area (Å²) in [5, 5.41) is 8.44. The molecule has 0 spiro atoms. The molecule has 2 aromatic carbocycles. The Morgan fingerprint density at radius 3 is 2.17 bits per heavy atom. The molecule has 1 heterocycles. The molecule has 0 saturated carbocycles. The number of anilines is 2. The first-order valence-corrected chi connectivity index (χ1v) is 9.27. The van der Waals surface area contributed by atoms with Gasteiger partial charge in [-0.15, -0.1) is 0 Å². The number of hydrogen-bond donors (Lipinski definition) is 3. The summed E-state index contributed by atoms with van der Waals surface area (Å²) in [6.07, 6.45) is 3.08. The van der Waals surface area contributed by atoms with Crippen LogP contribution in [-0.2, 0) is 4.79 Å². The summed E-state index contributed by atoms with van der Waals surface area (Å²) >= 11 is 0. The molecule has 148 valence electrons. The normalized spacial score (nSPS) is 11.8. The smallest absolute Gasteiger partial charge is 0.323 e. The molecular weight excluding hydrogens is 366 g/mol. The lowest BCUT2D eigenvalue weighted by Gasteiger charge is -2.14. The van der Waals surface area contributed by atoms with E-state index >= 15 is 0 Å². The molecule has 1 aromatic heterocycles. The Kier molecular flexibility index (Phi) is 6.47. The molecule has 3 rings (SSSR count). The van der Waals surface area contributed by atoms with E-state index in [2.05, 4.69) is 16.0 Å². The van der Waals surface area contributed by atoms with E-state index < -0.39 is 0 Å². The van der Waals surface area contributed by atoms with Crippen LogP contribution in [0.5, 0.6) is 0 Å². The van der Waals surface area contributed by atoms with Crippen molar-refractivity contribution in [1.82, 2.24) is 5.32 Å². The molecule has 1 unspecified atom stereocenters. The van der Waals surface area contributed by atoms with Gasteiger partial charge in [0.15, 0.2) is 0 Å². The molecule has 1 atom stereocenters. The maximum atomic E-state index is 12.1. The zero-order chi connectivity index (χ0) is 20.6. The number of nitrogens with one attached hydrogen (secondary N) is 3. The number of carbonyl (C=O) groups excluding carboxylic acids is 2. The van der Waals surface area contributed by atoms with Gasteiger partial charge in [0.2, 0.25) is 5.91 Å². The van der Waals surface area contributed by atoms with Gasteiger partial charge in [-0.3, -0.25) is 4.79 Å². The number of amides is 3. The van der Waals surface area contributed by atoms with E-state index in [1.54, 1.807) is 18.2 Å². The highest BCUT2D eigenvalue weighted by molar-refractivity contribution is 5.99. The van der Waals surface area contributed by atoms with Gasteiger partial charge in [0.25, 0.3) is 0 Å². The Morgan fingerprint density at radius 2 is 1.55 bits per heavy atom. The van der Waals surface area contributed by atoms with Gasteiger partial charge in [-0.1, -0.05) is 30.3 Å². The highest BCUT2D eigenvalue weighted by Gasteiger charge is 2.09. The fourth-order valence-electron chi connectivity index (χ4n) is 2.72. The van der Waals surface area contributed by atoms with Crippen LogP contribution < -0.4 is 16.0 Å². The Bertz CT molecular complexity index is 992. The lowest BCUT2D eigenvalue weighted by molar-refractivity contribution is -0.117. The molecule has 3 N–H and O–H groups in total. The fraction of sp³-hybridized carbons (Fsp3) is 0.130. The molecule has 3 amide bonds. The van der Waals surface area contributed by atoms with E-state index in [0.29, 0.717) is 11.4 Å². The summed E-state index contributed by atoms with van der Waals surface area (Å²) in [5.74, 6) is 1.22. The molecule has 0 saturated heterocycles. The minimum atomic E-state index is -0.316. The molecule has 0 radical (unpaired) electrons. The van der Waals surface area contributed by atoms with Gasteiger partial charge < -0.3 is 20.4 Å².